The van der Waals surface area contributed by atoms with Crippen molar-refractivity contribution in [2.24, 2.45) is 0 Å². The average Bonchev–Trinajstić information content (AvgIpc) is 3.28. The Morgan fingerprint density at radius 1 is 1.06 bits per heavy atom. The lowest BCUT2D eigenvalue weighted by molar-refractivity contribution is 0.0928. The highest BCUT2D eigenvalue weighted by atomic mass is 35.5. The molecular weight excluding hydrogens is 422 g/mol. The van der Waals surface area contributed by atoms with Crippen LogP contribution in [0.5, 0.6) is 5.75 Å². The maximum absolute atomic E-state index is 12.8. The molecule has 1 N–H and O–H groups in total. The number of amides is 1. The van der Waals surface area contributed by atoms with Gasteiger partial charge < -0.3 is 10.1 Å². The summed E-state index contributed by atoms with van der Waals surface area (Å²) in [5.74, 6) is 1.06. The van der Waals surface area contributed by atoms with Crippen molar-refractivity contribution in [3.8, 4) is 5.75 Å². The zero-order valence-corrected chi connectivity index (χ0v) is 20.2. The number of aromatic nitrogens is 2. The molecule has 5 nitrogen and oxygen atoms in total. The van der Waals surface area contributed by atoms with Crippen molar-refractivity contribution >= 4 is 17.5 Å². The molecule has 1 heterocycles. The minimum Gasteiger partial charge on any atom is -0.471 e. The van der Waals surface area contributed by atoms with Gasteiger partial charge in [0, 0.05) is 11.2 Å². The van der Waals surface area contributed by atoms with E-state index >= 15 is 0 Å². The van der Waals surface area contributed by atoms with Gasteiger partial charge in [0.1, 0.15) is 11.4 Å². The molecule has 0 spiro atoms. The van der Waals surface area contributed by atoms with Crippen molar-refractivity contribution in [3.63, 3.8) is 0 Å². The molecule has 0 bridgehead atoms. The fourth-order valence-corrected chi connectivity index (χ4v) is 3.74. The van der Waals surface area contributed by atoms with Crippen LogP contribution in [0.2, 0.25) is 5.02 Å². The maximum Gasteiger partial charge on any atom is 0.272 e. The van der Waals surface area contributed by atoms with Gasteiger partial charge in [-0.25, -0.2) is 4.68 Å². The number of nitrogens with one attached hydrogen (secondary N) is 1. The Balaban J connectivity index is 1.62. The highest BCUT2D eigenvalue weighted by Crippen LogP contribution is 2.26. The first-order chi connectivity index (χ1) is 15.3. The molecule has 0 saturated heterocycles. The molecule has 170 valence electrons. The number of benzene rings is 2. The second-order valence-electron chi connectivity index (χ2n) is 8.30. The number of carbonyl (C=O) groups excluding carboxylic acids is 1. The van der Waals surface area contributed by atoms with Gasteiger partial charge in [-0.15, -0.1) is 0 Å². The minimum absolute atomic E-state index is 0.0603. The van der Waals surface area contributed by atoms with E-state index in [0.717, 1.165) is 40.3 Å². The highest BCUT2D eigenvalue weighted by Gasteiger charge is 2.17. The Kier molecular flexibility index (Phi) is 7.97. The van der Waals surface area contributed by atoms with Gasteiger partial charge in [0.15, 0.2) is 6.73 Å². The number of aryl methyl sites for hydroxylation is 2. The second-order valence-corrected chi connectivity index (χ2v) is 8.67. The van der Waals surface area contributed by atoms with Crippen LogP contribution in [-0.4, -0.2) is 15.7 Å². The number of nitrogens with zero attached hydrogens (tertiary/aromatic N) is 2. The van der Waals surface area contributed by atoms with Crippen molar-refractivity contribution in [1.29, 1.82) is 0 Å². The molecule has 3 rings (SSSR count). The number of hydrogen-bond donors (Lipinski definition) is 1. The summed E-state index contributed by atoms with van der Waals surface area (Å²) in [6.07, 6.45) is 3.65. The number of ether oxygens (including phenoxy) is 1. The molecule has 1 amide bonds. The number of hydrogen-bond acceptors (Lipinski definition) is 3. The van der Waals surface area contributed by atoms with Crippen molar-refractivity contribution in [2.45, 2.75) is 66.2 Å². The molecule has 2 aromatic carbocycles. The Morgan fingerprint density at radius 3 is 2.28 bits per heavy atom. The Bertz CT molecular complexity index is 1040. The minimum atomic E-state index is -0.195. The van der Waals surface area contributed by atoms with Crippen molar-refractivity contribution in [1.82, 2.24) is 15.1 Å². The van der Waals surface area contributed by atoms with Gasteiger partial charge in [-0.2, -0.15) is 5.10 Å². The van der Waals surface area contributed by atoms with E-state index in [1.807, 2.05) is 26.0 Å². The van der Waals surface area contributed by atoms with E-state index in [1.54, 1.807) is 16.9 Å². The van der Waals surface area contributed by atoms with E-state index < -0.39 is 0 Å². The van der Waals surface area contributed by atoms with Crippen molar-refractivity contribution in [3.05, 3.63) is 81.6 Å². The first kappa shape index (κ1) is 23.9. The molecule has 0 aliphatic heterocycles. The standard InChI is InChI=1S/C26H32ClN3O2/c1-6-17(3)20-8-10-21(11-9-20)23(7-2)28-26(31)24-12-13-30(29-24)16-32-22-14-18(4)25(27)19(5)15-22/h8-15,17,23H,6-7,16H2,1-5H3,(H,28,31). The van der Waals surface area contributed by atoms with Gasteiger partial charge >= 0.3 is 0 Å². The quantitative estimate of drug-likeness (QED) is 0.397. The Hall–Kier alpha value is -2.79. The van der Waals surface area contributed by atoms with Crippen LogP contribution in [0.25, 0.3) is 0 Å². The summed E-state index contributed by atoms with van der Waals surface area (Å²) < 4.78 is 7.43. The van der Waals surface area contributed by atoms with Crippen LogP contribution in [0, 0.1) is 13.8 Å². The summed E-state index contributed by atoms with van der Waals surface area (Å²) >= 11 is 6.21. The van der Waals surface area contributed by atoms with Gasteiger partial charge in [0.05, 0.1) is 6.04 Å². The first-order valence-electron chi connectivity index (χ1n) is 11.2. The van der Waals surface area contributed by atoms with Gasteiger partial charge in [-0.3, -0.25) is 4.79 Å². The number of carbonyl (C=O) groups is 1. The molecule has 0 saturated carbocycles. The summed E-state index contributed by atoms with van der Waals surface area (Å²) in [7, 11) is 0. The molecule has 6 heteroatoms. The van der Waals surface area contributed by atoms with Crippen LogP contribution in [-0.2, 0) is 6.73 Å². The molecule has 0 aliphatic rings. The summed E-state index contributed by atoms with van der Waals surface area (Å²) in [4.78, 5) is 12.8. The Morgan fingerprint density at radius 2 is 1.69 bits per heavy atom. The van der Waals surface area contributed by atoms with E-state index in [4.69, 9.17) is 16.3 Å². The molecular formula is C26H32ClN3O2. The maximum atomic E-state index is 12.8. The van der Waals surface area contributed by atoms with Crippen LogP contribution in [0.1, 0.15) is 78.3 Å². The normalized spacial score (nSPS) is 12.9. The van der Waals surface area contributed by atoms with Crippen molar-refractivity contribution in [2.75, 3.05) is 0 Å². The fraction of sp³-hybridized carbons (Fsp3) is 0.385. The molecule has 0 aliphatic carbocycles. The van der Waals surface area contributed by atoms with Crippen molar-refractivity contribution < 1.29 is 9.53 Å². The van der Waals surface area contributed by atoms with Crippen LogP contribution in [0.3, 0.4) is 0 Å². The van der Waals surface area contributed by atoms with E-state index in [-0.39, 0.29) is 18.7 Å². The van der Waals surface area contributed by atoms with Gasteiger partial charge in [-0.05, 0) is 73.1 Å². The average molecular weight is 454 g/mol. The van der Waals surface area contributed by atoms with Crippen LogP contribution in [0.4, 0.5) is 0 Å². The smallest absolute Gasteiger partial charge is 0.272 e. The predicted molar refractivity (Wildman–Crippen MR) is 129 cm³/mol. The lowest BCUT2D eigenvalue weighted by Crippen LogP contribution is -2.28. The SMILES string of the molecule is CCC(C)c1ccc(C(CC)NC(=O)c2ccn(COc3cc(C)c(Cl)c(C)c3)n2)cc1. The molecule has 0 fully saturated rings. The van der Waals surface area contributed by atoms with E-state index in [0.29, 0.717) is 11.6 Å². The molecule has 0 radical (unpaired) electrons. The largest absolute Gasteiger partial charge is 0.471 e. The summed E-state index contributed by atoms with van der Waals surface area (Å²) in [6.45, 7) is 10.6. The van der Waals surface area contributed by atoms with Crippen LogP contribution >= 0.6 is 11.6 Å². The summed E-state index contributed by atoms with van der Waals surface area (Å²) in [5.41, 5.74) is 4.72. The monoisotopic (exact) mass is 453 g/mol. The van der Waals surface area contributed by atoms with Crippen LogP contribution < -0.4 is 10.1 Å². The van der Waals surface area contributed by atoms with E-state index in [9.17, 15) is 4.79 Å². The zero-order valence-electron chi connectivity index (χ0n) is 19.5. The van der Waals surface area contributed by atoms with Gasteiger partial charge in [0.2, 0.25) is 0 Å². The first-order valence-corrected chi connectivity index (χ1v) is 11.5. The van der Waals surface area contributed by atoms with Crippen LogP contribution in [0.15, 0.2) is 48.7 Å². The third-order valence-corrected chi connectivity index (χ3v) is 6.48. The molecule has 3 aromatic rings. The third kappa shape index (κ3) is 5.71. The van der Waals surface area contributed by atoms with E-state index in [1.165, 1.54) is 5.56 Å². The van der Waals surface area contributed by atoms with Gasteiger partial charge in [-0.1, -0.05) is 56.6 Å². The zero-order chi connectivity index (χ0) is 23.3. The number of rotatable bonds is 9. The molecule has 2 atom stereocenters. The predicted octanol–water partition coefficient (Wildman–Crippen LogP) is 6.58. The highest BCUT2D eigenvalue weighted by molar-refractivity contribution is 6.32. The summed E-state index contributed by atoms with van der Waals surface area (Å²) in [6, 6.07) is 14.0. The fourth-order valence-electron chi connectivity index (χ4n) is 3.63. The Labute approximate surface area is 195 Å². The topological polar surface area (TPSA) is 56.2 Å². The molecule has 2 unspecified atom stereocenters. The second kappa shape index (κ2) is 10.7. The lowest BCUT2D eigenvalue weighted by atomic mass is 9.95. The molecule has 1 aromatic heterocycles. The summed E-state index contributed by atoms with van der Waals surface area (Å²) in [5, 5.41) is 8.22. The lowest BCUT2D eigenvalue weighted by Gasteiger charge is -2.18. The number of halogens is 1. The molecule has 32 heavy (non-hydrogen) atoms. The van der Waals surface area contributed by atoms with E-state index in [2.05, 4.69) is 55.5 Å². The third-order valence-electron chi connectivity index (χ3n) is 5.88. The van der Waals surface area contributed by atoms with Gasteiger partial charge in [0.25, 0.3) is 5.91 Å².